The van der Waals surface area contributed by atoms with Gasteiger partial charge in [-0.1, -0.05) is 11.6 Å². The Balaban J connectivity index is 1.37. The molecule has 1 saturated heterocycles. The van der Waals surface area contributed by atoms with Gasteiger partial charge in [0.15, 0.2) is 11.5 Å². The van der Waals surface area contributed by atoms with E-state index in [1.807, 2.05) is 36.4 Å². The molecule has 2 aliphatic rings. The van der Waals surface area contributed by atoms with E-state index in [0.29, 0.717) is 67.1 Å². The molecule has 1 fully saturated rings. The summed E-state index contributed by atoms with van der Waals surface area (Å²) < 4.78 is 11.5. The molecule has 5 rings (SSSR count). The quantitative estimate of drug-likeness (QED) is 0.439. The molecule has 0 spiro atoms. The highest BCUT2D eigenvalue weighted by molar-refractivity contribution is 6.31. The molecule has 11 heteroatoms. The number of nitrogens with one attached hydrogen (secondary N) is 2. The third-order valence-electron chi connectivity index (χ3n) is 7.71. The number of benzene rings is 2. The summed E-state index contributed by atoms with van der Waals surface area (Å²) in [6.45, 7) is 7.87. The van der Waals surface area contributed by atoms with E-state index in [0.717, 1.165) is 56.2 Å². The highest BCUT2D eigenvalue weighted by Crippen LogP contribution is 2.32. The second-order valence-corrected chi connectivity index (χ2v) is 11.3. The molecular formula is C31H40ClN7O3. The number of aromatic nitrogens is 2. The van der Waals surface area contributed by atoms with Gasteiger partial charge in [0.05, 0.1) is 13.7 Å². The maximum atomic E-state index is 12.9. The van der Waals surface area contributed by atoms with Crippen LogP contribution in [-0.2, 0) is 11.3 Å². The molecule has 3 heterocycles. The lowest BCUT2D eigenvalue weighted by atomic mass is 10.1. The summed E-state index contributed by atoms with van der Waals surface area (Å²) in [7, 11) is 3.78. The smallest absolute Gasteiger partial charge is 0.163 e. The van der Waals surface area contributed by atoms with E-state index in [1.54, 1.807) is 7.11 Å². The molecule has 0 amide bonds. The zero-order valence-electron chi connectivity index (χ0n) is 24.4. The van der Waals surface area contributed by atoms with Crippen LogP contribution in [0.2, 0.25) is 5.02 Å². The molecule has 0 aliphatic carbocycles. The van der Waals surface area contributed by atoms with Crippen molar-refractivity contribution in [3.05, 3.63) is 59.4 Å². The Bertz CT molecular complexity index is 1350. The molecule has 3 aromatic rings. The number of piperazine rings is 1. The summed E-state index contributed by atoms with van der Waals surface area (Å²) in [5.41, 5.74) is 2.68. The average Bonchev–Trinajstić information content (AvgIpc) is 2.99. The number of carbonyl (C=O) groups is 1. The second-order valence-electron chi connectivity index (χ2n) is 10.9. The Labute approximate surface area is 253 Å². The molecule has 6 bridgehead atoms. The normalized spacial score (nSPS) is 17.9. The van der Waals surface area contributed by atoms with E-state index in [1.165, 1.54) is 6.33 Å². The Morgan fingerprint density at radius 2 is 1.62 bits per heavy atom. The first kappa shape index (κ1) is 30.0. The van der Waals surface area contributed by atoms with Gasteiger partial charge in [0, 0.05) is 93.7 Å². The van der Waals surface area contributed by atoms with Crippen molar-refractivity contribution in [2.24, 2.45) is 0 Å². The first-order valence-corrected chi connectivity index (χ1v) is 14.9. The van der Waals surface area contributed by atoms with Crippen LogP contribution in [-0.4, -0.2) is 97.0 Å². The topological polar surface area (TPSA) is 95.1 Å². The minimum absolute atomic E-state index is 0.233. The van der Waals surface area contributed by atoms with Gasteiger partial charge in [0.2, 0.25) is 0 Å². The van der Waals surface area contributed by atoms with Crippen LogP contribution in [0, 0.1) is 0 Å². The number of carbonyl (C=O) groups excluding carboxylic acids is 1. The first-order valence-electron chi connectivity index (χ1n) is 14.6. The van der Waals surface area contributed by atoms with Crippen LogP contribution in [0.25, 0.3) is 0 Å². The van der Waals surface area contributed by atoms with Crippen LogP contribution in [0.3, 0.4) is 0 Å². The lowest BCUT2D eigenvalue weighted by molar-refractivity contribution is -0.119. The molecular weight excluding hydrogens is 554 g/mol. The van der Waals surface area contributed by atoms with E-state index in [9.17, 15) is 4.79 Å². The highest BCUT2D eigenvalue weighted by atomic mass is 35.5. The SMILES string of the molecule is COc1ccc2cc1OCCCC(=O)CCN(CCN1CCN(C)CC1)Cc1cc(ccc1Cl)Nc1cc(ncn1)N2. The maximum absolute atomic E-state index is 12.9. The van der Waals surface area contributed by atoms with E-state index in [4.69, 9.17) is 21.1 Å². The van der Waals surface area contributed by atoms with Crippen molar-refractivity contribution in [2.75, 3.05) is 77.2 Å². The number of likely N-dealkylation sites (N-methyl/N-ethyl adjacent to an activating group) is 1. The van der Waals surface area contributed by atoms with Gasteiger partial charge in [-0.25, -0.2) is 9.97 Å². The Morgan fingerprint density at radius 1 is 0.905 bits per heavy atom. The fourth-order valence-corrected chi connectivity index (χ4v) is 5.33. The molecule has 0 atom stereocenters. The largest absolute Gasteiger partial charge is 0.493 e. The van der Waals surface area contributed by atoms with Gasteiger partial charge in [-0.3, -0.25) is 14.6 Å². The molecule has 224 valence electrons. The predicted molar refractivity (Wildman–Crippen MR) is 167 cm³/mol. The van der Waals surface area contributed by atoms with Gasteiger partial charge in [-0.05, 0) is 49.4 Å². The third kappa shape index (κ3) is 8.54. The van der Waals surface area contributed by atoms with Crippen LogP contribution < -0.4 is 20.1 Å². The van der Waals surface area contributed by atoms with Crippen LogP contribution in [0.15, 0.2) is 48.8 Å². The van der Waals surface area contributed by atoms with Gasteiger partial charge in [0.25, 0.3) is 0 Å². The van der Waals surface area contributed by atoms with Gasteiger partial charge >= 0.3 is 0 Å². The minimum atomic E-state index is 0.233. The lowest BCUT2D eigenvalue weighted by Crippen LogP contribution is -2.47. The number of hydrogen-bond donors (Lipinski definition) is 2. The number of ketones is 1. The Morgan fingerprint density at radius 3 is 2.38 bits per heavy atom. The van der Waals surface area contributed by atoms with Crippen molar-refractivity contribution in [1.82, 2.24) is 24.7 Å². The molecule has 0 saturated carbocycles. The number of Topliss-reactive ketones (excluding diaryl/α,β-unsaturated/α-hetero) is 1. The van der Waals surface area contributed by atoms with Crippen LogP contribution in [0.1, 0.15) is 24.8 Å². The first-order chi connectivity index (χ1) is 20.4. The van der Waals surface area contributed by atoms with Gasteiger partial charge in [-0.15, -0.1) is 0 Å². The monoisotopic (exact) mass is 593 g/mol. The second kappa shape index (κ2) is 14.6. The zero-order valence-corrected chi connectivity index (χ0v) is 25.2. The number of methoxy groups -OCH3 is 1. The Kier molecular flexibility index (Phi) is 10.5. The van der Waals surface area contributed by atoms with Crippen molar-refractivity contribution >= 4 is 40.4 Å². The number of nitrogens with zero attached hydrogens (tertiary/aromatic N) is 5. The molecule has 10 nitrogen and oxygen atoms in total. The fourth-order valence-electron chi connectivity index (χ4n) is 5.16. The lowest BCUT2D eigenvalue weighted by Gasteiger charge is -2.34. The summed E-state index contributed by atoms with van der Waals surface area (Å²) in [4.78, 5) is 28.9. The number of hydrogen-bond acceptors (Lipinski definition) is 10. The molecule has 1 aromatic heterocycles. The minimum Gasteiger partial charge on any atom is -0.493 e. The van der Waals surface area contributed by atoms with E-state index < -0.39 is 0 Å². The molecule has 2 aliphatic heterocycles. The van der Waals surface area contributed by atoms with Crippen molar-refractivity contribution in [1.29, 1.82) is 0 Å². The number of ether oxygens (including phenoxy) is 2. The summed E-state index contributed by atoms with van der Waals surface area (Å²) in [6, 6.07) is 13.4. The number of halogens is 1. The van der Waals surface area contributed by atoms with Gasteiger partial charge in [0.1, 0.15) is 23.7 Å². The van der Waals surface area contributed by atoms with Crippen molar-refractivity contribution in [3.8, 4) is 11.5 Å². The number of anilines is 4. The van der Waals surface area contributed by atoms with Crippen LogP contribution >= 0.6 is 11.6 Å². The average molecular weight is 594 g/mol. The van der Waals surface area contributed by atoms with Crippen molar-refractivity contribution < 1.29 is 14.3 Å². The van der Waals surface area contributed by atoms with E-state index >= 15 is 0 Å². The number of rotatable bonds is 4. The third-order valence-corrected chi connectivity index (χ3v) is 8.08. The van der Waals surface area contributed by atoms with Crippen LogP contribution in [0.4, 0.5) is 23.0 Å². The van der Waals surface area contributed by atoms with E-state index in [-0.39, 0.29) is 5.78 Å². The molecule has 2 N–H and O–H groups in total. The van der Waals surface area contributed by atoms with Crippen molar-refractivity contribution in [2.45, 2.75) is 25.8 Å². The fraction of sp³-hybridized carbons (Fsp3) is 0.452. The highest BCUT2D eigenvalue weighted by Gasteiger charge is 2.17. The van der Waals surface area contributed by atoms with Crippen molar-refractivity contribution in [3.63, 3.8) is 0 Å². The zero-order chi connectivity index (χ0) is 29.3. The summed E-state index contributed by atoms with van der Waals surface area (Å²) in [6.07, 6.45) is 3.11. The van der Waals surface area contributed by atoms with E-state index in [2.05, 4.69) is 48.4 Å². The van der Waals surface area contributed by atoms with Crippen LogP contribution in [0.5, 0.6) is 11.5 Å². The molecule has 42 heavy (non-hydrogen) atoms. The summed E-state index contributed by atoms with van der Waals surface area (Å²) >= 11 is 6.69. The van der Waals surface area contributed by atoms with Gasteiger partial charge < -0.3 is 25.0 Å². The summed E-state index contributed by atoms with van der Waals surface area (Å²) in [5, 5.41) is 7.41. The van der Waals surface area contributed by atoms with Gasteiger partial charge in [-0.2, -0.15) is 0 Å². The Hall–Kier alpha value is -3.44. The number of fused-ring (bicyclic) bond motifs is 6. The summed E-state index contributed by atoms with van der Waals surface area (Å²) in [5.74, 6) is 2.76. The molecule has 0 unspecified atom stereocenters. The predicted octanol–water partition coefficient (Wildman–Crippen LogP) is 4.81. The standard InChI is InChI=1S/C31H40ClN7O3/c1-37-11-13-38(14-12-37)15-16-39-10-9-26(40)4-3-17-42-29-19-25(6-8-28(29)41-2)36-31-20-30(33-22-34-31)35-24-5-7-27(32)23(18-24)21-39/h5-8,18-20,22H,3-4,9-17,21H2,1-2H3,(H2,33,34,35,36). The molecule has 2 aromatic carbocycles. The molecule has 0 radical (unpaired) electrons. The maximum Gasteiger partial charge on any atom is 0.163 e.